The molecule has 0 N–H and O–H groups in total. The highest BCUT2D eigenvalue weighted by atomic mass is 19.1. The van der Waals surface area contributed by atoms with Gasteiger partial charge in [0.15, 0.2) is 6.61 Å². The number of carbonyl (C=O) groups is 2. The first-order valence-corrected chi connectivity index (χ1v) is 9.72. The van der Waals surface area contributed by atoms with Crippen LogP contribution in [0, 0.1) is 5.82 Å². The number of esters is 1. The van der Waals surface area contributed by atoms with Crippen molar-refractivity contribution in [3.8, 4) is 0 Å². The number of amides is 1. The molecule has 29 heavy (non-hydrogen) atoms. The molecule has 0 radical (unpaired) electrons. The van der Waals surface area contributed by atoms with Gasteiger partial charge in [-0.05, 0) is 62.1 Å². The van der Waals surface area contributed by atoms with Gasteiger partial charge in [0.05, 0.1) is 11.1 Å². The van der Waals surface area contributed by atoms with Crippen LogP contribution in [0.4, 0.5) is 10.1 Å². The number of halogens is 1. The van der Waals surface area contributed by atoms with Crippen molar-refractivity contribution in [1.29, 1.82) is 0 Å². The second kappa shape index (κ2) is 7.99. The zero-order valence-electron chi connectivity index (χ0n) is 16.2. The fourth-order valence-corrected chi connectivity index (χ4v) is 3.85. The van der Waals surface area contributed by atoms with Gasteiger partial charge in [-0.2, -0.15) is 0 Å². The molecule has 0 fully saturated rings. The maximum absolute atomic E-state index is 13.2. The average Bonchev–Trinajstić information content (AvgIpc) is 3.20. The number of aryl methyl sites for hydroxylation is 1. The summed E-state index contributed by atoms with van der Waals surface area (Å²) in [4.78, 5) is 31.7. The number of ether oxygens (including phenoxy) is 1. The van der Waals surface area contributed by atoms with Crippen LogP contribution in [0.1, 0.15) is 35.0 Å². The maximum atomic E-state index is 13.2. The largest absolute Gasteiger partial charge is 0.452 e. The smallest absolute Gasteiger partial charge is 0.339 e. The highest BCUT2D eigenvalue weighted by molar-refractivity contribution is 6.06. The molecule has 0 saturated carbocycles. The Labute approximate surface area is 168 Å². The molecular formula is C23H21FN2O3. The molecule has 0 saturated heterocycles. The molecule has 0 atom stereocenters. The highest BCUT2D eigenvalue weighted by Gasteiger charge is 2.25. The van der Waals surface area contributed by atoms with Gasteiger partial charge < -0.3 is 9.64 Å². The van der Waals surface area contributed by atoms with E-state index in [1.807, 2.05) is 31.2 Å². The van der Waals surface area contributed by atoms with Crippen LogP contribution < -0.4 is 4.90 Å². The quantitative estimate of drug-likeness (QED) is 0.614. The molecule has 0 spiro atoms. The average molecular weight is 392 g/mol. The Balaban J connectivity index is 1.56. The van der Waals surface area contributed by atoms with E-state index in [-0.39, 0.29) is 18.3 Å². The van der Waals surface area contributed by atoms with Crippen LogP contribution in [0.25, 0.3) is 10.9 Å². The topological polar surface area (TPSA) is 59.5 Å². The minimum absolute atomic E-state index is 0.359. The Hall–Kier alpha value is -3.28. The molecular weight excluding hydrogens is 371 g/mol. The minimum atomic E-state index is -0.509. The summed E-state index contributed by atoms with van der Waals surface area (Å²) in [5.74, 6) is -1.24. The second-order valence-electron chi connectivity index (χ2n) is 6.97. The van der Waals surface area contributed by atoms with Crippen molar-refractivity contribution < 1.29 is 18.7 Å². The summed E-state index contributed by atoms with van der Waals surface area (Å²) >= 11 is 0. The van der Waals surface area contributed by atoms with E-state index in [0.717, 1.165) is 41.4 Å². The normalized spacial score (nSPS) is 12.6. The molecule has 6 heteroatoms. The molecule has 5 nitrogen and oxygen atoms in total. The molecule has 148 valence electrons. The third-order valence-electron chi connectivity index (χ3n) is 5.21. The van der Waals surface area contributed by atoms with Crippen LogP contribution in [0.15, 0.2) is 48.5 Å². The molecule has 1 aliphatic carbocycles. The first kappa shape index (κ1) is 19.1. The number of likely N-dealkylation sites (N-methyl/N-ethyl adjacent to an activating group) is 1. The fraction of sp³-hybridized carbons (Fsp3) is 0.261. The Morgan fingerprint density at radius 2 is 1.86 bits per heavy atom. The molecule has 0 aliphatic heterocycles. The van der Waals surface area contributed by atoms with Gasteiger partial charge in [-0.15, -0.1) is 0 Å². The molecule has 0 unspecified atom stereocenters. The number of benzene rings is 2. The summed E-state index contributed by atoms with van der Waals surface area (Å²) in [6, 6.07) is 13.1. The number of fused-ring (bicyclic) bond motifs is 2. The Kier molecular flexibility index (Phi) is 5.25. The predicted octanol–water partition coefficient (Wildman–Crippen LogP) is 4.07. The number of hydrogen-bond acceptors (Lipinski definition) is 4. The first-order chi connectivity index (χ1) is 14.1. The Morgan fingerprint density at radius 1 is 1.10 bits per heavy atom. The lowest BCUT2D eigenvalue weighted by Crippen LogP contribution is -2.34. The summed E-state index contributed by atoms with van der Waals surface area (Å²) in [7, 11) is 0. The number of nitrogens with zero attached hydrogens (tertiary/aromatic N) is 2. The van der Waals surface area contributed by atoms with Gasteiger partial charge in [0, 0.05) is 23.3 Å². The van der Waals surface area contributed by atoms with Gasteiger partial charge in [0.1, 0.15) is 5.82 Å². The van der Waals surface area contributed by atoms with Crippen LogP contribution in [-0.2, 0) is 22.4 Å². The van der Waals surface area contributed by atoms with Crippen molar-refractivity contribution in [2.24, 2.45) is 0 Å². The zero-order valence-corrected chi connectivity index (χ0v) is 16.2. The monoisotopic (exact) mass is 392 g/mol. The SMILES string of the molecule is CCN(C(=O)COC(=O)c1c2c(nc3ccccc13)CCC2)c1ccc(F)cc1. The van der Waals surface area contributed by atoms with E-state index in [4.69, 9.17) is 4.74 Å². The number of anilines is 1. The molecule has 1 amide bonds. The van der Waals surface area contributed by atoms with Crippen LogP contribution in [0.5, 0.6) is 0 Å². The second-order valence-corrected chi connectivity index (χ2v) is 6.97. The maximum Gasteiger partial charge on any atom is 0.339 e. The summed E-state index contributed by atoms with van der Waals surface area (Å²) in [5.41, 5.74) is 3.69. The van der Waals surface area contributed by atoms with E-state index >= 15 is 0 Å². The van der Waals surface area contributed by atoms with Crippen LogP contribution in [-0.4, -0.2) is 30.0 Å². The number of hydrogen-bond donors (Lipinski definition) is 0. The van der Waals surface area contributed by atoms with E-state index in [9.17, 15) is 14.0 Å². The standard InChI is InChI=1S/C23H21FN2O3/c1-2-26(16-12-10-15(24)11-13-16)21(27)14-29-23(28)22-17-6-3-4-8-19(17)25-20-9-5-7-18(20)22/h3-4,6,8,10-13H,2,5,7,9,14H2,1H3. The van der Waals surface area contributed by atoms with Crippen molar-refractivity contribution in [1.82, 2.24) is 4.98 Å². The Morgan fingerprint density at radius 3 is 2.62 bits per heavy atom. The molecule has 3 aromatic rings. The van der Waals surface area contributed by atoms with Crippen molar-refractivity contribution in [2.75, 3.05) is 18.1 Å². The lowest BCUT2D eigenvalue weighted by molar-refractivity contribution is -0.121. The number of aromatic nitrogens is 1. The van der Waals surface area contributed by atoms with Crippen LogP contribution >= 0.6 is 0 Å². The summed E-state index contributed by atoms with van der Waals surface area (Å²) < 4.78 is 18.6. The zero-order chi connectivity index (χ0) is 20.4. The molecule has 0 bridgehead atoms. The van der Waals surface area contributed by atoms with E-state index in [1.165, 1.54) is 29.2 Å². The predicted molar refractivity (Wildman–Crippen MR) is 108 cm³/mol. The third kappa shape index (κ3) is 3.70. The number of rotatable bonds is 5. The minimum Gasteiger partial charge on any atom is -0.452 e. The third-order valence-corrected chi connectivity index (χ3v) is 5.21. The van der Waals surface area contributed by atoms with Gasteiger partial charge in [-0.1, -0.05) is 18.2 Å². The van der Waals surface area contributed by atoms with Crippen molar-refractivity contribution in [3.63, 3.8) is 0 Å². The van der Waals surface area contributed by atoms with E-state index < -0.39 is 5.97 Å². The van der Waals surface area contributed by atoms with Crippen molar-refractivity contribution in [2.45, 2.75) is 26.2 Å². The number of para-hydroxylation sites is 1. The van der Waals surface area contributed by atoms with Crippen LogP contribution in [0.3, 0.4) is 0 Å². The number of pyridine rings is 1. The molecule has 4 rings (SSSR count). The van der Waals surface area contributed by atoms with Gasteiger partial charge in [0.25, 0.3) is 5.91 Å². The van der Waals surface area contributed by atoms with Crippen LogP contribution in [0.2, 0.25) is 0 Å². The summed E-state index contributed by atoms with van der Waals surface area (Å²) in [5, 5.41) is 0.747. The number of carbonyl (C=O) groups excluding carboxylic acids is 2. The van der Waals surface area contributed by atoms with Gasteiger partial charge in [-0.25, -0.2) is 9.18 Å². The van der Waals surface area contributed by atoms with Crippen molar-refractivity contribution >= 4 is 28.5 Å². The van der Waals surface area contributed by atoms with Gasteiger partial charge >= 0.3 is 5.97 Å². The molecule has 1 aliphatic rings. The lowest BCUT2D eigenvalue weighted by Gasteiger charge is -2.21. The summed E-state index contributed by atoms with van der Waals surface area (Å²) in [6.45, 7) is 1.82. The summed E-state index contributed by atoms with van der Waals surface area (Å²) in [6.07, 6.45) is 2.57. The first-order valence-electron chi connectivity index (χ1n) is 9.72. The van der Waals surface area contributed by atoms with E-state index in [2.05, 4.69) is 4.98 Å². The highest BCUT2D eigenvalue weighted by Crippen LogP contribution is 2.30. The molecule has 1 heterocycles. The van der Waals surface area contributed by atoms with Gasteiger partial charge in [0.2, 0.25) is 0 Å². The molecule has 2 aromatic carbocycles. The van der Waals surface area contributed by atoms with E-state index in [0.29, 0.717) is 17.8 Å². The fourth-order valence-electron chi connectivity index (χ4n) is 3.85. The Bertz CT molecular complexity index is 1080. The van der Waals surface area contributed by atoms with Crippen molar-refractivity contribution in [3.05, 3.63) is 71.2 Å². The lowest BCUT2D eigenvalue weighted by atomic mass is 10.0. The molecule has 1 aromatic heterocycles. The van der Waals surface area contributed by atoms with E-state index in [1.54, 1.807) is 0 Å². The van der Waals surface area contributed by atoms with Gasteiger partial charge in [-0.3, -0.25) is 9.78 Å².